The molecule has 0 aliphatic heterocycles. The number of nitro benzene ring substituents is 1. The van der Waals surface area contributed by atoms with E-state index < -0.39 is 4.92 Å². The van der Waals surface area contributed by atoms with Gasteiger partial charge >= 0.3 is 0 Å². The summed E-state index contributed by atoms with van der Waals surface area (Å²) in [6, 6.07) is 5.76. The lowest BCUT2D eigenvalue weighted by Crippen LogP contribution is -2.11. The average molecular weight is 267 g/mol. The first-order chi connectivity index (χ1) is 8.41. The molecule has 0 N–H and O–H groups in total. The quantitative estimate of drug-likeness (QED) is 0.449. The van der Waals surface area contributed by atoms with Crippen molar-refractivity contribution < 1.29 is 9.72 Å². The summed E-state index contributed by atoms with van der Waals surface area (Å²) in [5.41, 5.74) is 0.541. The van der Waals surface area contributed by atoms with Gasteiger partial charge in [-0.3, -0.25) is 14.9 Å². The van der Waals surface area contributed by atoms with E-state index in [1.165, 1.54) is 24.3 Å². The highest BCUT2D eigenvalue weighted by Crippen LogP contribution is 2.20. The molecule has 1 aromatic rings. The largest absolute Gasteiger partial charge is 0.293 e. The lowest BCUT2D eigenvalue weighted by Gasteiger charge is -2.14. The van der Waals surface area contributed by atoms with Crippen molar-refractivity contribution in [1.29, 1.82) is 0 Å². The molecular weight excluding hydrogens is 250 g/mol. The number of hydrogen-bond acceptors (Lipinski definition) is 4. The van der Waals surface area contributed by atoms with Crippen LogP contribution in [0.3, 0.4) is 0 Å². The minimum Gasteiger partial charge on any atom is -0.293 e. The third-order valence-electron chi connectivity index (χ3n) is 2.82. The van der Waals surface area contributed by atoms with Crippen LogP contribution in [-0.4, -0.2) is 21.7 Å². The Hall–Kier alpha value is -1.36. The van der Waals surface area contributed by atoms with Gasteiger partial charge in [0.25, 0.3) is 5.69 Å². The Morgan fingerprint density at radius 1 is 1.28 bits per heavy atom. The molecule has 0 bridgehead atoms. The van der Waals surface area contributed by atoms with Crippen molar-refractivity contribution in [3.05, 3.63) is 39.9 Å². The van der Waals surface area contributed by atoms with Crippen LogP contribution in [0.2, 0.25) is 0 Å². The van der Waals surface area contributed by atoms with E-state index in [0.29, 0.717) is 22.5 Å². The molecule has 98 valence electrons. The summed E-state index contributed by atoms with van der Waals surface area (Å²) in [7, 11) is 0. The van der Waals surface area contributed by atoms with Gasteiger partial charge in [-0.2, -0.15) is 11.8 Å². The predicted octanol–water partition coefficient (Wildman–Crippen LogP) is 3.56. The van der Waals surface area contributed by atoms with Crippen LogP contribution in [-0.2, 0) is 0 Å². The minimum absolute atomic E-state index is 0.00903. The van der Waals surface area contributed by atoms with E-state index in [1.807, 2.05) is 0 Å². The molecule has 0 saturated carbocycles. The lowest BCUT2D eigenvalue weighted by atomic mass is 10.1. The molecular formula is C13H17NO3S. The van der Waals surface area contributed by atoms with Crippen LogP contribution in [0, 0.1) is 16.0 Å². The zero-order valence-corrected chi connectivity index (χ0v) is 11.6. The predicted molar refractivity (Wildman–Crippen MR) is 74.2 cm³/mol. The standard InChI is InChI=1S/C13H17NO3S/c1-9(2)10(3)18-8-13(15)11-4-6-12(7-5-11)14(16)17/h4-7,9-10H,8H2,1-3H3. The Kier molecular flexibility index (Phi) is 5.34. The number of nitro groups is 1. The summed E-state index contributed by atoms with van der Waals surface area (Å²) in [5.74, 6) is 0.957. The molecule has 18 heavy (non-hydrogen) atoms. The number of hydrogen-bond donors (Lipinski definition) is 0. The van der Waals surface area contributed by atoms with Gasteiger partial charge < -0.3 is 0 Å². The maximum Gasteiger partial charge on any atom is 0.269 e. The van der Waals surface area contributed by atoms with Gasteiger partial charge in [0.15, 0.2) is 5.78 Å². The SMILES string of the molecule is CC(C)C(C)SCC(=O)c1ccc([N+](=O)[O-])cc1. The molecule has 0 aliphatic rings. The van der Waals surface area contributed by atoms with Gasteiger partial charge in [-0.15, -0.1) is 0 Å². The van der Waals surface area contributed by atoms with E-state index in [0.717, 1.165) is 0 Å². The first-order valence-electron chi connectivity index (χ1n) is 5.81. The Balaban J connectivity index is 2.59. The number of thioether (sulfide) groups is 1. The van der Waals surface area contributed by atoms with Gasteiger partial charge in [0.1, 0.15) is 0 Å². The van der Waals surface area contributed by atoms with Crippen molar-refractivity contribution in [3.8, 4) is 0 Å². The fourth-order valence-corrected chi connectivity index (χ4v) is 2.22. The molecule has 0 saturated heterocycles. The van der Waals surface area contributed by atoms with Crippen molar-refractivity contribution >= 4 is 23.2 Å². The number of rotatable bonds is 6. The Morgan fingerprint density at radius 2 is 1.83 bits per heavy atom. The zero-order chi connectivity index (χ0) is 13.7. The fraction of sp³-hybridized carbons (Fsp3) is 0.462. The number of carbonyl (C=O) groups excluding carboxylic acids is 1. The highest BCUT2D eigenvalue weighted by Gasteiger charge is 2.13. The average Bonchev–Trinajstić information content (AvgIpc) is 2.35. The van der Waals surface area contributed by atoms with Crippen LogP contribution >= 0.6 is 11.8 Å². The van der Waals surface area contributed by atoms with Crippen molar-refractivity contribution in [1.82, 2.24) is 0 Å². The molecule has 0 radical (unpaired) electrons. The molecule has 0 aliphatic carbocycles. The van der Waals surface area contributed by atoms with Gasteiger partial charge in [0, 0.05) is 22.9 Å². The Morgan fingerprint density at radius 3 is 2.28 bits per heavy atom. The first-order valence-corrected chi connectivity index (χ1v) is 6.86. The van der Waals surface area contributed by atoms with Crippen molar-refractivity contribution in [2.24, 2.45) is 5.92 Å². The van der Waals surface area contributed by atoms with Crippen LogP contribution in [0.4, 0.5) is 5.69 Å². The van der Waals surface area contributed by atoms with Gasteiger partial charge in [0.2, 0.25) is 0 Å². The summed E-state index contributed by atoms with van der Waals surface area (Å²) in [5, 5.41) is 10.9. The molecule has 0 heterocycles. The second-order valence-electron chi connectivity index (χ2n) is 4.49. The molecule has 0 amide bonds. The number of non-ortho nitro benzene ring substituents is 1. The van der Waals surface area contributed by atoms with E-state index in [2.05, 4.69) is 20.8 Å². The maximum absolute atomic E-state index is 11.9. The van der Waals surface area contributed by atoms with Crippen LogP contribution in [0.5, 0.6) is 0 Å². The fourth-order valence-electron chi connectivity index (χ4n) is 1.25. The van der Waals surface area contributed by atoms with E-state index in [9.17, 15) is 14.9 Å². The smallest absolute Gasteiger partial charge is 0.269 e. The van der Waals surface area contributed by atoms with Crippen LogP contribution in [0.15, 0.2) is 24.3 Å². The number of carbonyl (C=O) groups is 1. The number of benzene rings is 1. The third-order valence-corrected chi connectivity index (χ3v) is 4.32. The number of nitrogens with zero attached hydrogens (tertiary/aromatic N) is 1. The van der Waals surface area contributed by atoms with E-state index in [4.69, 9.17) is 0 Å². The van der Waals surface area contributed by atoms with E-state index in [-0.39, 0.29) is 11.5 Å². The third kappa shape index (κ3) is 4.14. The lowest BCUT2D eigenvalue weighted by molar-refractivity contribution is -0.384. The topological polar surface area (TPSA) is 60.2 Å². The van der Waals surface area contributed by atoms with Crippen LogP contribution < -0.4 is 0 Å². The second kappa shape index (κ2) is 6.54. The number of Topliss-reactive ketones (excluding diaryl/α,β-unsaturated/α-hetero) is 1. The first kappa shape index (κ1) is 14.7. The minimum atomic E-state index is -0.468. The summed E-state index contributed by atoms with van der Waals surface area (Å²) >= 11 is 1.61. The van der Waals surface area contributed by atoms with E-state index >= 15 is 0 Å². The van der Waals surface area contributed by atoms with Gasteiger partial charge in [-0.05, 0) is 18.1 Å². The molecule has 1 unspecified atom stereocenters. The van der Waals surface area contributed by atoms with Gasteiger partial charge in [-0.25, -0.2) is 0 Å². The molecule has 5 heteroatoms. The Labute approximate surface area is 111 Å². The molecule has 1 aromatic carbocycles. The monoisotopic (exact) mass is 267 g/mol. The summed E-state index contributed by atoms with van der Waals surface area (Å²) < 4.78 is 0. The second-order valence-corrected chi connectivity index (χ2v) is 5.85. The molecule has 1 rings (SSSR count). The van der Waals surface area contributed by atoms with Crippen molar-refractivity contribution in [2.45, 2.75) is 26.0 Å². The van der Waals surface area contributed by atoms with Crippen LogP contribution in [0.25, 0.3) is 0 Å². The highest BCUT2D eigenvalue weighted by atomic mass is 32.2. The molecule has 4 nitrogen and oxygen atoms in total. The van der Waals surface area contributed by atoms with Gasteiger partial charge in [0.05, 0.1) is 10.7 Å². The Bertz CT molecular complexity index is 428. The highest BCUT2D eigenvalue weighted by molar-refractivity contribution is 8.00. The summed E-state index contributed by atoms with van der Waals surface area (Å²) in [4.78, 5) is 21.9. The van der Waals surface area contributed by atoms with Crippen molar-refractivity contribution in [3.63, 3.8) is 0 Å². The van der Waals surface area contributed by atoms with Crippen LogP contribution in [0.1, 0.15) is 31.1 Å². The molecule has 0 aromatic heterocycles. The normalized spacial score (nSPS) is 12.4. The van der Waals surface area contributed by atoms with E-state index in [1.54, 1.807) is 11.8 Å². The molecule has 0 spiro atoms. The summed E-state index contributed by atoms with van der Waals surface area (Å²) in [6.45, 7) is 6.33. The summed E-state index contributed by atoms with van der Waals surface area (Å²) in [6.07, 6.45) is 0. The number of ketones is 1. The van der Waals surface area contributed by atoms with Gasteiger partial charge in [-0.1, -0.05) is 20.8 Å². The molecule has 0 fully saturated rings. The maximum atomic E-state index is 11.9. The van der Waals surface area contributed by atoms with Crippen molar-refractivity contribution in [2.75, 3.05) is 5.75 Å². The molecule has 1 atom stereocenters. The zero-order valence-electron chi connectivity index (χ0n) is 10.8.